The van der Waals surface area contributed by atoms with Crippen LogP contribution in [0.25, 0.3) is 0 Å². The summed E-state index contributed by atoms with van der Waals surface area (Å²) in [5, 5.41) is 5.77. The lowest BCUT2D eigenvalue weighted by Crippen LogP contribution is -2.38. The van der Waals surface area contributed by atoms with Crippen LogP contribution in [0.5, 0.6) is 5.75 Å². The Morgan fingerprint density at radius 1 is 1.10 bits per heavy atom. The van der Waals surface area contributed by atoms with E-state index < -0.39 is 0 Å². The smallest absolute Gasteiger partial charge is 0.319 e. The third-order valence-corrected chi connectivity index (χ3v) is 5.71. The van der Waals surface area contributed by atoms with Crippen molar-refractivity contribution in [3.05, 3.63) is 60.2 Å². The summed E-state index contributed by atoms with van der Waals surface area (Å²) in [7, 11) is 3.42. The summed E-state index contributed by atoms with van der Waals surface area (Å²) in [6, 6.07) is 17.7. The van der Waals surface area contributed by atoms with E-state index in [1.54, 1.807) is 13.2 Å². The minimum absolute atomic E-state index is 0.176. The average Bonchev–Trinajstić information content (AvgIpc) is 2.79. The van der Waals surface area contributed by atoms with Crippen molar-refractivity contribution in [2.45, 2.75) is 25.4 Å². The molecule has 0 aliphatic carbocycles. The van der Waals surface area contributed by atoms with E-state index in [1.807, 2.05) is 31.4 Å². The van der Waals surface area contributed by atoms with E-state index in [-0.39, 0.29) is 12.1 Å². The van der Waals surface area contributed by atoms with E-state index in [0.717, 1.165) is 50.3 Å². The van der Waals surface area contributed by atoms with Gasteiger partial charge in [0.1, 0.15) is 5.75 Å². The first-order chi connectivity index (χ1) is 14.7. The summed E-state index contributed by atoms with van der Waals surface area (Å²) < 4.78 is 11.0. The number of nitrogens with one attached hydrogen (secondary N) is 2. The first-order valence-corrected chi connectivity index (χ1v) is 10.7. The quantitative estimate of drug-likeness (QED) is 0.604. The molecule has 3 rings (SSSR count). The zero-order valence-electron chi connectivity index (χ0n) is 18.0. The number of nitrogens with zero attached hydrogens (tertiary/aromatic N) is 1. The van der Waals surface area contributed by atoms with Gasteiger partial charge in [0, 0.05) is 25.4 Å². The summed E-state index contributed by atoms with van der Waals surface area (Å²) >= 11 is 0. The van der Waals surface area contributed by atoms with Gasteiger partial charge in [0.05, 0.1) is 13.2 Å². The summed E-state index contributed by atoms with van der Waals surface area (Å²) in [5.74, 6) is 1.28. The van der Waals surface area contributed by atoms with Crippen LogP contribution in [0.15, 0.2) is 54.6 Å². The van der Waals surface area contributed by atoms with Crippen LogP contribution in [-0.4, -0.2) is 51.3 Å². The van der Waals surface area contributed by atoms with E-state index in [2.05, 4.69) is 39.8 Å². The zero-order valence-corrected chi connectivity index (χ0v) is 18.0. The number of rotatable bonds is 9. The molecule has 1 fully saturated rings. The van der Waals surface area contributed by atoms with Gasteiger partial charge < -0.3 is 25.0 Å². The first-order valence-electron chi connectivity index (χ1n) is 10.7. The Hall–Kier alpha value is -2.57. The van der Waals surface area contributed by atoms with Crippen molar-refractivity contribution < 1.29 is 14.3 Å². The minimum atomic E-state index is -0.187. The van der Waals surface area contributed by atoms with Gasteiger partial charge in [0.15, 0.2) is 0 Å². The number of hydrogen-bond acceptors (Lipinski definition) is 4. The molecule has 6 nitrogen and oxygen atoms in total. The highest BCUT2D eigenvalue weighted by molar-refractivity contribution is 5.89. The second-order valence-electron chi connectivity index (χ2n) is 7.71. The Kier molecular flexibility index (Phi) is 8.53. The number of carbonyl (C=O) groups excluding carboxylic acids is 1. The fourth-order valence-corrected chi connectivity index (χ4v) is 4.10. The van der Waals surface area contributed by atoms with Crippen molar-refractivity contribution in [1.82, 2.24) is 10.2 Å². The summed E-state index contributed by atoms with van der Waals surface area (Å²) in [6.45, 7) is 3.80. The topological polar surface area (TPSA) is 62.8 Å². The minimum Gasteiger partial charge on any atom is -0.497 e. The molecule has 2 aromatic rings. The molecular formula is C24H33N3O3. The highest BCUT2D eigenvalue weighted by atomic mass is 16.5. The molecule has 0 radical (unpaired) electrons. The lowest BCUT2D eigenvalue weighted by molar-refractivity contribution is 0.0201. The van der Waals surface area contributed by atoms with Gasteiger partial charge in [-0.1, -0.05) is 36.4 Å². The molecule has 1 unspecified atom stereocenters. The zero-order chi connectivity index (χ0) is 21.2. The maximum Gasteiger partial charge on any atom is 0.319 e. The molecular weight excluding hydrogens is 378 g/mol. The maximum absolute atomic E-state index is 12.1. The van der Waals surface area contributed by atoms with Crippen LogP contribution in [0.1, 0.15) is 30.9 Å². The van der Waals surface area contributed by atoms with E-state index >= 15 is 0 Å². The van der Waals surface area contributed by atoms with Crippen LogP contribution >= 0.6 is 0 Å². The van der Waals surface area contributed by atoms with Gasteiger partial charge in [-0.2, -0.15) is 0 Å². The Morgan fingerprint density at radius 3 is 2.57 bits per heavy atom. The molecule has 2 aromatic carbocycles. The lowest BCUT2D eigenvalue weighted by atomic mass is 9.87. The van der Waals surface area contributed by atoms with E-state index in [4.69, 9.17) is 9.47 Å². The van der Waals surface area contributed by atoms with Gasteiger partial charge in [-0.3, -0.25) is 0 Å². The Bertz CT molecular complexity index is 776. The number of carbonyl (C=O) groups is 1. The van der Waals surface area contributed by atoms with Crippen molar-refractivity contribution >= 4 is 11.7 Å². The molecule has 0 saturated carbocycles. The fraction of sp³-hybridized carbons (Fsp3) is 0.458. The van der Waals surface area contributed by atoms with Crippen molar-refractivity contribution in [3.8, 4) is 5.75 Å². The van der Waals surface area contributed by atoms with Gasteiger partial charge in [0.25, 0.3) is 0 Å². The number of piperidine rings is 1. The van der Waals surface area contributed by atoms with Crippen molar-refractivity contribution in [2.75, 3.05) is 45.7 Å². The largest absolute Gasteiger partial charge is 0.497 e. The summed E-state index contributed by atoms with van der Waals surface area (Å²) in [4.78, 5) is 14.5. The molecule has 0 bridgehead atoms. The monoisotopic (exact) mass is 411 g/mol. The predicted octanol–water partition coefficient (Wildman–Crippen LogP) is 4.31. The average molecular weight is 412 g/mol. The molecule has 1 saturated heterocycles. The Balaban J connectivity index is 1.33. The fourth-order valence-electron chi connectivity index (χ4n) is 4.10. The Morgan fingerprint density at radius 2 is 1.87 bits per heavy atom. The molecule has 1 aliphatic rings. The number of methoxy groups -OCH3 is 2. The van der Waals surface area contributed by atoms with E-state index in [1.165, 1.54) is 5.56 Å². The van der Waals surface area contributed by atoms with Gasteiger partial charge in [-0.25, -0.2) is 4.79 Å². The molecule has 1 atom stereocenters. The molecule has 0 aromatic heterocycles. The molecule has 2 N–H and O–H groups in total. The molecule has 30 heavy (non-hydrogen) atoms. The second kappa shape index (κ2) is 11.6. The lowest BCUT2D eigenvalue weighted by Gasteiger charge is -2.35. The molecule has 0 spiro atoms. The summed E-state index contributed by atoms with van der Waals surface area (Å²) in [6.07, 6.45) is 3.38. The standard InChI is InChI=1S/C24H33N3O3/c1-29-22-11-6-10-21(18-22)26-24(28)25-14-7-15-27-16-12-20(13-17-27)23(30-2)19-8-4-3-5-9-19/h3-6,8-11,18,20,23H,7,12-17H2,1-2H3,(H2,25,26,28). The van der Waals surface area contributed by atoms with Gasteiger partial charge in [-0.15, -0.1) is 0 Å². The number of amides is 2. The normalized spacial score (nSPS) is 16.1. The van der Waals surface area contributed by atoms with Crippen molar-refractivity contribution in [1.29, 1.82) is 0 Å². The number of urea groups is 1. The highest BCUT2D eigenvalue weighted by Crippen LogP contribution is 2.33. The first kappa shape index (κ1) is 22.1. The summed E-state index contributed by atoms with van der Waals surface area (Å²) in [5.41, 5.74) is 1.99. The van der Waals surface area contributed by atoms with Gasteiger partial charge in [-0.05, 0) is 62.5 Å². The van der Waals surface area contributed by atoms with E-state index in [9.17, 15) is 4.79 Å². The SMILES string of the molecule is COc1cccc(NC(=O)NCCCN2CCC(C(OC)c3ccccc3)CC2)c1. The number of benzene rings is 2. The Labute approximate surface area is 179 Å². The molecule has 6 heteroatoms. The third-order valence-electron chi connectivity index (χ3n) is 5.71. The number of likely N-dealkylation sites (tertiary alicyclic amines) is 1. The predicted molar refractivity (Wildman–Crippen MR) is 120 cm³/mol. The molecule has 2 amide bonds. The van der Waals surface area contributed by atoms with E-state index in [0.29, 0.717) is 12.5 Å². The van der Waals surface area contributed by atoms with Crippen LogP contribution in [0, 0.1) is 5.92 Å². The van der Waals surface area contributed by atoms with Crippen molar-refractivity contribution in [3.63, 3.8) is 0 Å². The highest BCUT2D eigenvalue weighted by Gasteiger charge is 2.27. The molecule has 162 valence electrons. The van der Waals surface area contributed by atoms with Crippen LogP contribution in [-0.2, 0) is 4.74 Å². The number of ether oxygens (including phenoxy) is 2. The third kappa shape index (κ3) is 6.47. The van der Waals surface area contributed by atoms with Crippen LogP contribution in [0.2, 0.25) is 0 Å². The van der Waals surface area contributed by atoms with Crippen LogP contribution < -0.4 is 15.4 Å². The molecule has 1 aliphatic heterocycles. The molecule has 1 heterocycles. The van der Waals surface area contributed by atoms with Crippen LogP contribution in [0.4, 0.5) is 10.5 Å². The van der Waals surface area contributed by atoms with Crippen molar-refractivity contribution in [2.24, 2.45) is 5.92 Å². The van der Waals surface area contributed by atoms with Gasteiger partial charge >= 0.3 is 6.03 Å². The van der Waals surface area contributed by atoms with Gasteiger partial charge in [0.2, 0.25) is 0 Å². The maximum atomic E-state index is 12.1. The number of anilines is 1. The van der Waals surface area contributed by atoms with Crippen LogP contribution in [0.3, 0.4) is 0 Å². The number of hydrogen-bond donors (Lipinski definition) is 2. The second-order valence-corrected chi connectivity index (χ2v) is 7.71.